The fraction of sp³-hybridized carbons (Fsp3) is 0.267. The standard InChI is InChI=1S/C15H14Cl2N2O4S2/c1-23-15(20)12-8-5-6-18-7-11(8)24-14(12)19-25(21,22)13-9(16)3-2-4-10(13)17/h2-4,18-19H,5-7H2,1H3. The van der Waals surface area contributed by atoms with Crippen LogP contribution in [0.25, 0.3) is 0 Å². The van der Waals surface area contributed by atoms with E-state index in [1.807, 2.05) is 0 Å². The molecule has 0 unspecified atom stereocenters. The van der Waals surface area contributed by atoms with E-state index in [2.05, 4.69) is 10.0 Å². The minimum Gasteiger partial charge on any atom is -0.465 e. The van der Waals surface area contributed by atoms with Crippen molar-refractivity contribution >= 4 is 55.5 Å². The zero-order valence-electron chi connectivity index (χ0n) is 13.1. The summed E-state index contributed by atoms with van der Waals surface area (Å²) in [7, 11) is -2.81. The SMILES string of the molecule is COC(=O)c1c(NS(=O)(=O)c2c(Cl)cccc2Cl)sc2c1CCNC2. The topological polar surface area (TPSA) is 84.5 Å². The second-order valence-corrected chi connectivity index (χ2v) is 8.82. The van der Waals surface area contributed by atoms with E-state index >= 15 is 0 Å². The first-order chi connectivity index (χ1) is 11.8. The number of carbonyl (C=O) groups is 1. The minimum absolute atomic E-state index is 0.00241. The number of rotatable bonds is 4. The molecule has 6 nitrogen and oxygen atoms in total. The summed E-state index contributed by atoms with van der Waals surface area (Å²) in [6.45, 7) is 1.27. The van der Waals surface area contributed by atoms with Crippen LogP contribution in [-0.2, 0) is 27.7 Å². The van der Waals surface area contributed by atoms with E-state index in [4.69, 9.17) is 27.9 Å². The maximum atomic E-state index is 12.8. The van der Waals surface area contributed by atoms with E-state index in [0.29, 0.717) is 19.5 Å². The van der Waals surface area contributed by atoms with Crippen LogP contribution in [0.1, 0.15) is 20.8 Å². The van der Waals surface area contributed by atoms with Crippen LogP contribution in [-0.4, -0.2) is 28.0 Å². The molecule has 0 saturated heterocycles. The molecule has 0 atom stereocenters. The number of nitrogens with one attached hydrogen (secondary N) is 2. The number of esters is 1. The number of anilines is 1. The number of halogens is 2. The van der Waals surface area contributed by atoms with Gasteiger partial charge in [0.05, 0.1) is 22.7 Å². The molecule has 2 N–H and O–H groups in total. The number of ether oxygens (including phenoxy) is 1. The Balaban J connectivity index is 2.09. The summed E-state index contributed by atoms with van der Waals surface area (Å²) in [5, 5.41) is 3.40. The van der Waals surface area contributed by atoms with Gasteiger partial charge in [0.25, 0.3) is 10.0 Å². The summed E-state index contributed by atoms with van der Waals surface area (Å²) in [6, 6.07) is 4.43. The first-order valence-corrected chi connectivity index (χ1v) is 10.3. The van der Waals surface area contributed by atoms with E-state index < -0.39 is 16.0 Å². The normalized spacial score (nSPS) is 14.0. The molecule has 1 aromatic heterocycles. The Kier molecular flexibility index (Phi) is 5.26. The number of carbonyl (C=O) groups excluding carboxylic acids is 1. The molecule has 0 spiro atoms. The van der Waals surface area contributed by atoms with Gasteiger partial charge in [-0.3, -0.25) is 4.72 Å². The first kappa shape index (κ1) is 18.5. The molecule has 0 fully saturated rings. The van der Waals surface area contributed by atoms with Crippen molar-refractivity contribution in [3.8, 4) is 0 Å². The Hall–Kier alpha value is -1.32. The smallest absolute Gasteiger partial charge is 0.341 e. The highest BCUT2D eigenvalue weighted by atomic mass is 35.5. The van der Waals surface area contributed by atoms with Crippen molar-refractivity contribution in [2.24, 2.45) is 0 Å². The molecule has 3 rings (SSSR count). The summed E-state index contributed by atoms with van der Waals surface area (Å²) < 4.78 is 32.8. The van der Waals surface area contributed by atoms with Crippen LogP contribution in [0.3, 0.4) is 0 Å². The van der Waals surface area contributed by atoms with Crippen molar-refractivity contribution in [1.29, 1.82) is 0 Å². The molecule has 134 valence electrons. The molecule has 0 aliphatic carbocycles. The van der Waals surface area contributed by atoms with Gasteiger partial charge in [0.15, 0.2) is 0 Å². The monoisotopic (exact) mass is 420 g/mol. The molecule has 2 aromatic rings. The molecule has 0 radical (unpaired) electrons. The third-order valence-corrected chi connectivity index (χ3v) is 7.31. The van der Waals surface area contributed by atoms with Crippen LogP contribution in [0.15, 0.2) is 23.1 Å². The first-order valence-electron chi connectivity index (χ1n) is 7.25. The Morgan fingerprint density at radius 2 is 2.00 bits per heavy atom. The molecule has 1 aliphatic heterocycles. The Bertz CT molecular complexity index is 921. The highest BCUT2D eigenvalue weighted by Gasteiger charge is 2.30. The molecule has 25 heavy (non-hydrogen) atoms. The lowest BCUT2D eigenvalue weighted by Crippen LogP contribution is -2.23. The summed E-state index contributed by atoms with van der Waals surface area (Å²) in [5.41, 5.74) is 1.05. The van der Waals surface area contributed by atoms with Gasteiger partial charge in [0.1, 0.15) is 9.90 Å². The second-order valence-electron chi connectivity index (χ2n) is 5.28. The largest absolute Gasteiger partial charge is 0.465 e. The van der Waals surface area contributed by atoms with E-state index in [9.17, 15) is 13.2 Å². The summed E-state index contributed by atoms with van der Waals surface area (Å²) in [4.78, 5) is 12.9. The van der Waals surface area contributed by atoms with Gasteiger partial charge in [0, 0.05) is 11.4 Å². The van der Waals surface area contributed by atoms with Gasteiger partial charge in [-0.25, -0.2) is 13.2 Å². The van der Waals surface area contributed by atoms with Crippen LogP contribution in [0.4, 0.5) is 5.00 Å². The predicted octanol–water partition coefficient (Wildman–Crippen LogP) is 3.29. The zero-order chi connectivity index (χ0) is 18.2. The fourth-order valence-corrected chi connectivity index (χ4v) is 6.29. The average Bonchev–Trinajstić information content (AvgIpc) is 2.90. The Morgan fingerprint density at radius 1 is 1.32 bits per heavy atom. The highest BCUT2D eigenvalue weighted by Crippen LogP contribution is 2.38. The molecule has 0 bridgehead atoms. The van der Waals surface area contributed by atoms with Gasteiger partial charge in [-0.05, 0) is 30.7 Å². The molecule has 2 heterocycles. The lowest BCUT2D eigenvalue weighted by molar-refractivity contribution is 0.0601. The number of thiophene rings is 1. The lowest BCUT2D eigenvalue weighted by atomic mass is 10.0. The van der Waals surface area contributed by atoms with Crippen LogP contribution in [0.2, 0.25) is 10.0 Å². The Labute approximate surface area is 159 Å². The van der Waals surface area contributed by atoms with Gasteiger partial charge >= 0.3 is 5.97 Å². The van der Waals surface area contributed by atoms with Crippen molar-refractivity contribution in [3.63, 3.8) is 0 Å². The van der Waals surface area contributed by atoms with Gasteiger partial charge in [-0.15, -0.1) is 11.3 Å². The number of sulfonamides is 1. The number of methoxy groups -OCH3 is 1. The third kappa shape index (κ3) is 3.50. The van der Waals surface area contributed by atoms with Crippen LogP contribution < -0.4 is 10.0 Å². The summed E-state index contributed by atoms with van der Waals surface area (Å²) >= 11 is 13.2. The summed E-state index contributed by atoms with van der Waals surface area (Å²) in [5.74, 6) is -0.581. The molecule has 1 aromatic carbocycles. The van der Waals surface area contributed by atoms with Crippen LogP contribution in [0, 0.1) is 0 Å². The highest BCUT2D eigenvalue weighted by molar-refractivity contribution is 7.93. The zero-order valence-corrected chi connectivity index (χ0v) is 16.2. The number of fused-ring (bicyclic) bond motifs is 1. The van der Waals surface area contributed by atoms with Crippen molar-refractivity contribution in [2.75, 3.05) is 18.4 Å². The van der Waals surface area contributed by atoms with Crippen LogP contribution in [0.5, 0.6) is 0 Å². The summed E-state index contributed by atoms with van der Waals surface area (Å²) in [6.07, 6.45) is 0.616. The van der Waals surface area contributed by atoms with Gasteiger partial charge in [-0.2, -0.15) is 0 Å². The quantitative estimate of drug-likeness (QED) is 0.741. The predicted molar refractivity (Wildman–Crippen MR) is 98.3 cm³/mol. The van der Waals surface area contributed by atoms with Gasteiger partial charge in [0.2, 0.25) is 0 Å². The molecule has 10 heteroatoms. The van der Waals surface area contributed by atoms with Crippen molar-refractivity contribution in [2.45, 2.75) is 17.9 Å². The average molecular weight is 421 g/mol. The Morgan fingerprint density at radius 3 is 2.64 bits per heavy atom. The third-order valence-electron chi connectivity index (χ3n) is 3.73. The molecule has 0 amide bonds. The molecule has 0 saturated carbocycles. The van der Waals surface area contributed by atoms with E-state index in [1.165, 1.54) is 30.6 Å². The maximum absolute atomic E-state index is 12.8. The fourth-order valence-electron chi connectivity index (χ4n) is 2.64. The van der Waals surface area contributed by atoms with Crippen molar-refractivity contribution in [1.82, 2.24) is 5.32 Å². The number of hydrogen-bond acceptors (Lipinski definition) is 6. The second kappa shape index (κ2) is 7.13. The number of hydrogen-bond donors (Lipinski definition) is 2. The molecular formula is C15H14Cl2N2O4S2. The minimum atomic E-state index is -4.07. The van der Waals surface area contributed by atoms with Crippen LogP contribution >= 0.6 is 34.5 Å². The lowest BCUT2D eigenvalue weighted by Gasteiger charge is -2.13. The maximum Gasteiger partial charge on any atom is 0.341 e. The molecular weight excluding hydrogens is 407 g/mol. The van der Waals surface area contributed by atoms with Gasteiger partial charge in [-0.1, -0.05) is 29.3 Å². The van der Waals surface area contributed by atoms with E-state index in [0.717, 1.165) is 10.4 Å². The van der Waals surface area contributed by atoms with E-state index in [1.54, 1.807) is 6.07 Å². The molecule has 1 aliphatic rings. The van der Waals surface area contributed by atoms with E-state index in [-0.39, 0.29) is 25.5 Å². The van der Waals surface area contributed by atoms with Crippen molar-refractivity contribution in [3.05, 3.63) is 44.2 Å². The van der Waals surface area contributed by atoms with Crippen molar-refractivity contribution < 1.29 is 17.9 Å². The number of benzene rings is 1. The van der Waals surface area contributed by atoms with Gasteiger partial charge < -0.3 is 10.1 Å².